The zero-order valence-electron chi connectivity index (χ0n) is 23.6. The summed E-state index contributed by atoms with van der Waals surface area (Å²) in [5, 5.41) is 0. The average molecular weight is 555 g/mol. The Labute approximate surface area is 227 Å². The fourth-order valence-electron chi connectivity index (χ4n) is 4.14. The van der Waals surface area contributed by atoms with Gasteiger partial charge in [0.1, 0.15) is 10.9 Å². The fourth-order valence-corrected chi connectivity index (χ4v) is 7.48. The third-order valence-electron chi connectivity index (χ3n) is 6.26. The summed E-state index contributed by atoms with van der Waals surface area (Å²) in [6.07, 6.45) is 26.4. The van der Waals surface area contributed by atoms with Crippen molar-refractivity contribution in [3.63, 3.8) is 0 Å². The zero-order chi connectivity index (χ0) is 26.0. The third-order valence-corrected chi connectivity index (χ3v) is 9.89. The Kier molecular flexibility index (Phi) is 27.0. The molecule has 0 amide bonds. The van der Waals surface area contributed by atoms with Crippen LogP contribution in [0.4, 0.5) is 0 Å². The van der Waals surface area contributed by atoms with Crippen LogP contribution in [0.1, 0.15) is 156 Å². The van der Waals surface area contributed by atoms with Crippen LogP contribution in [0.3, 0.4) is 0 Å². The molecule has 0 saturated heterocycles. The summed E-state index contributed by atoms with van der Waals surface area (Å²) >= 11 is 3.21. The number of rotatable bonds is 28. The van der Waals surface area contributed by atoms with E-state index in [0.717, 1.165) is 24.3 Å². The summed E-state index contributed by atoms with van der Waals surface area (Å²) in [7, 11) is -4.01. The highest BCUT2D eigenvalue weighted by Crippen LogP contribution is 2.48. The van der Waals surface area contributed by atoms with Gasteiger partial charge in [-0.05, 0) is 38.2 Å². The van der Waals surface area contributed by atoms with Gasteiger partial charge in [-0.2, -0.15) is 0 Å². The third kappa shape index (κ3) is 27.7. The molecule has 0 aliphatic rings. The average Bonchev–Trinajstić information content (AvgIpc) is 2.80. The summed E-state index contributed by atoms with van der Waals surface area (Å²) in [5.41, 5.74) is -0.660. The molecule has 0 spiro atoms. The Bertz CT molecular complexity index is 444. The Morgan fingerprint density at radius 2 is 0.800 bits per heavy atom. The Hall–Kier alpha value is 0.810. The van der Waals surface area contributed by atoms with Crippen molar-refractivity contribution < 1.29 is 18.5 Å². The molecule has 0 bridgehead atoms. The van der Waals surface area contributed by atoms with Crippen LogP contribution in [0.25, 0.3) is 0 Å². The van der Waals surface area contributed by atoms with Crippen molar-refractivity contribution in [3.8, 4) is 0 Å². The summed E-state index contributed by atoms with van der Waals surface area (Å²) < 4.78 is 23.0. The van der Waals surface area contributed by atoms with Gasteiger partial charge < -0.3 is 4.89 Å². The van der Waals surface area contributed by atoms with Gasteiger partial charge in [0.2, 0.25) is 0 Å². The lowest BCUT2D eigenvalue weighted by Crippen LogP contribution is -2.09. The van der Waals surface area contributed by atoms with Crippen molar-refractivity contribution in [1.29, 1.82) is 0 Å². The van der Waals surface area contributed by atoms with Crippen molar-refractivity contribution in [1.82, 2.24) is 0 Å². The standard InChI is InChI=1S/C28H59O4PS2/c1-5-7-9-11-13-15-17-19-21-23-25-34-27(3)31-33(29,30)32-28(4)35-26-24-22-20-18-16-14-12-10-8-6-2/h27-28H,5-26H2,1-4H3,(H,29,30). The van der Waals surface area contributed by atoms with Crippen LogP contribution >= 0.6 is 31.3 Å². The Morgan fingerprint density at radius 1 is 0.543 bits per heavy atom. The van der Waals surface area contributed by atoms with Gasteiger partial charge in [-0.3, -0.25) is 9.05 Å². The lowest BCUT2D eigenvalue weighted by Gasteiger charge is -2.20. The normalized spacial score (nSPS) is 15.2. The number of unbranched alkanes of at least 4 members (excludes halogenated alkanes) is 18. The summed E-state index contributed by atoms with van der Waals surface area (Å²) in [5.74, 6) is 1.92. The molecule has 0 radical (unpaired) electrons. The molecule has 0 fully saturated rings. The molecular formula is C28H59O4PS2. The highest BCUT2D eigenvalue weighted by atomic mass is 32.2. The van der Waals surface area contributed by atoms with Crippen LogP contribution in [-0.2, 0) is 13.6 Å². The van der Waals surface area contributed by atoms with Crippen LogP contribution in [0, 0.1) is 0 Å². The second-order valence-corrected chi connectivity index (χ2v) is 14.1. The molecule has 0 saturated carbocycles. The van der Waals surface area contributed by atoms with E-state index in [-0.39, 0.29) is 10.9 Å². The van der Waals surface area contributed by atoms with E-state index in [9.17, 15) is 9.46 Å². The molecule has 0 rings (SSSR count). The molecule has 2 unspecified atom stereocenters. The molecular weight excluding hydrogens is 495 g/mol. The first kappa shape index (κ1) is 35.8. The molecule has 0 aliphatic carbocycles. The maximum absolute atomic E-state index is 12.3. The van der Waals surface area contributed by atoms with Crippen LogP contribution in [0.15, 0.2) is 0 Å². The molecule has 212 valence electrons. The first-order valence-corrected chi connectivity index (χ1v) is 18.4. The number of hydrogen-bond donors (Lipinski definition) is 1. The van der Waals surface area contributed by atoms with Gasteiger partial charge in [-0.1, -0.05) is 129 Å². The minimum absolute atomic E-state index is 0.330. The molecule has 0 heterocycles. The molecule has 0 aromatic rings. The van der Waals surface area contributed by atoms with Gasteiger partial charge in [0.25, 0.3) is 0 Å². The predicted molar refractivity (Wildman–Crippen MR) is 160 cm³/mol. The maximum atomic E-state index is 12.3. The summed E-state index contributed by atoms with van der Waals surface area (Å²) in [6, 6.07) is 0. The van der Waals surface area contributed by atoms with E-state index in [4.69, 9.17) is 9.05 Å². The van der Waals surface area contributed by atoms with E-state index < -0.39 is 7.82 Å². The largest absolute Gasteiger partial charge is 0.474 e. The minimum atomic E-state index is -4.01. The lowest BCUT2D eigenvalue weighted by atomic mass is 10.1. The van der Waals surface area contributed by atoms with Crippen LogP contribution in [0.5, 0.6) is 0 Å². The highest BCUT2D eigenvalue weighted by Gasteiger charge is 2.27. The maximum Gasteiger partial charge on any atom is 0.474 e. The molecule has 0 aliphatic heterocycles. The first-order chi connectivity index (χ1) is 16.9. The number of phosphoric ester groups is 1. The predicted octanol–water partition coefficient (Wildman–Crippen LogP) is 11.1. The second kappa shape index (κ2) is 26.4. The van der Waals surface area contributed by atoms with Gasteiger partial charge >= 0.3 is 7.82 Å². The number of phosphoric acid groups is 1. The number of thioether (sulfide) groups is 2. The molecule has 0 aromatic carbocycles. The van der Waals surface area contributed by atoms with E-state index in [2.05, 4.69) is 13.8 Å². The zero-order valence-corrected chi connectivity index (χ0v) is 26.2. The van der Waals surface area contributed by atoms with E-state index >= 15 is 0 Å². The highest BCUT2D eigenvalue weighted by molar-refractivity contribution is 8.00. The van der Waals surface area contributed by atoms with Gasteiger partial charge in [-0.15, -0.1) is 23.5 Å². The van der Waals surface area contributed by atoms with Crippen molar-refractivity contribution in [2.75, 3.05) is 11.5 Å². The van der Waals surface area contributed by atoms with Gasteiger partial charge in [0.15, 0.2) is 0 Å². The van der Waals surface area contributed by atoms with Crippen molar-refractivity contribution in [3.05, 3.63) is 0 Å². The van der Waals surface area contributed by atoms with E-state index in [1.165, 1.54) is 116 Å². The van der Waals surface area contributed by atoms with Crippen molar-refractivity contribution >= 4 is 31.3 Å². The summed E-state index contributed by atoms with van der Waals surface area (Å²) in [6.45, 7) is 8.20. The molecule has 2 atom stereocenters. The SMILES string of the molecule is CCCCCCCCCCCCSC(C)OP(=O)(O)OC(C)SCCCCCCCCCCCC. The van der Waals surface area contributed by atoms with Gasteiger partial charge in [-0.25, -0.2) is 4.57 Å². The minimum Gasteiger partial charge on any atom is -0.302 e. The van der Waals surface area contributed by atoms with E-state index in [1.807, 2.05) is 13.8 Å². The van der Waals surface area contributed by atoms with Crippen LogP contribution in [0.2, 0.25) is 0 Å². The molecule has 35 heavy (non-hydrogen) atoms. The number of hydrogen-bond acceptors (Lipinski definition) is 5. The quantitative estimate of drug-likeness (QED) is 0.0589. The van der Waals surface area contributed by atoms with Gasteiger partial charge in [0, 0.05) is 0 Å². The fraction of sp³-hybridized carbons (Fsp3) is 1.00. The first-order valence-electron chi connectivity index (χ1n) is 14.8. The second-order valence-electron chi connectivity index (χ2n) is 9.92. The smallest absolute Gasteiger partial charge is 0.302 e. The molecule has 4 nitrogen and oxygen atoms in total. The van der Waals surface area contributed by atoms with Crippen molar-refractivity contribution in [2.24, 2.45) is 0 Å². The monoisotopic (exact) mass is 554 g/mol. The summed E-state index contributed by atoms with van der Waals surface area (Å²) in [4.78, 5) is 10.1. The molecule has 0 aromatic heterocycles. The van der Waals surface area contributed by atoms with Crippen LogP contribution < -0.4 is 0 Å². The van der Waals surface area contributed by atoms with E-state index in [1.54, 1.807) is 23.5 Å². The molecule has 1 N–H and O–H groups in total. The van der Waals surface area contributed by atoms with Crippen LogP contribution in [-0.4, -0.2) is 27.3 Å². The lowest BCUT2D eigenvalue weighted by molar-refractivity contribution is 0.140. The Balaban J connectivity index is 3.60. The topological polar surface area (TPSA) is 55.8 Å². The van der Waals surface area contributed by atoms with E-state index in [0.29, 0.717) is 0 Å². The van der Waals surface area contributed by atoms with Crippen molar-refractivity contribution in [2.45, 2.75) is 167 Å². The van der Waals surface area contributed by atoms with Gasteiger partial charge in [0.05, 0.1) is 0 Å². The Morgan fingerprint density at radius 3 is 1.09 bits per heavy atom. The molecule has 7 heteroatoms.